The molecule has 6 nitrogen and oxygen atoms in total. The molecule has 0 saturated heterocycles. The summed E-state index contributed by atoms with van der Waals surface area (Å²) in [7, 11) is 1.71. The van der Waals surface area contributed by atoms with Crippen molar-refractivity contribution in [3.63, 3.8) is 0 Å². The van der Waals surface area contributed by atoms with Gasteiger partial charge in [0.25, 0.3) is 0 Å². The third kappa shape index (κ3) is 4.46. The summed E-state index contributed by atoms with van der Waals surface area (Å²) in [6.07, 6.45) is 0. The highest BCUT2D eigenvalue weighted by atomic mass is 35.5. The number of rotatable bonds is 4. The molecular formula is C14H18ClN5O. The number of benzene rings is 1. The van der Waals surface area contributed by atoms with E-state index in [2.05, 4.69) is 32.7 Å². The van der Waals surface area contributed by atoms with E-state index in [0.717, 1.165) is 10.6 Å². The minimum Gasteiger partial charge on any atom is -0.350 e. The lowest BCUT2D eigenvalue weighted by molar-refractivity contribution is 0.386. The molecule has 1 unspecified atom stereocenters. The molecule has 2 rings (SSSR count). The Morgan fingerprint density at radius 1 is 1.38 bits per heavy atom. The number of nitrogens with one attached hydrogen (secondary N) is 2. The first-order valence-corrected chi connectivity index (χ1v) is 6.98. The van der Waals surface area contributed by atoms with Gasteiger partial charge in [0.1, 0.15) is 0 Å². The summed E-state index contributed by atoms with van der Waals surface area (Å²) in [5.41, 5.74) is 1.12. The predicted octanol–water partition coefficient (Wildman–Crippen LogP) is 2.46. The largest absolute Gasteiger partial charge is 0.350 e. The molecule has 21 heavy (non-hydrogen) atoms. The Hall–Kier alpha value is -2.08. The highest BCUT2D eigenvalue weighted by Gasteiger charge is 2.09. The Morgan fingerprint density at radius 3 is 2.67 bits per heavy atom. The van der Waals surface area contributed by atoms with Gasteiger partial charge < -0.3 is 15.2 Å². The monoisotopic (exact) mass is 307 g/mol. The van der Waals surface area contributed by atoms with E-state index < -0.39 is 0 Å². The number of nitrogens with zero attached hydrogens (tertiary/aromatic N) is 3. The van der Waals surface area contributed by atoms with Gasteiger partial charge in [0, 0.05) is 19.0 Å². The van der Waals surface area contributed by atoms with E-state index in [-0.39, 0.29) is 6.04 Å². The first-order valence-electron chi connectivity index (χ1n) is 6.60. The highest BCUT2D eigenvalue weighted by molar-refractivity contribution is 6.30. The molecule has 2 aromatic rings. The van der Waals surface area contributed by atoms with Crippen molar-refractivity contribution in [3.05, 3.63) is 46.6 Å². The maximum Gasteiger partial charge on any atom is 0.223 e. The average Bonchev–Trinajstić information content (AvgIpc) is 2.89. The molecular weight excluding hydrogens is 290 g/mol. The summed E-state index contributed by atoms with van der Waals surface area (Å²) >= 11 is 5.89. The number of aromatic nitrogens is 2. The predicted molar refractivity (Wildman–Crippen MR) is 82.2 cm³/mol. The summed E-state index contributed by atoms with van der Waals surface area (Å²) in [5, 5.41) is 11.0. The van der Waals surface area contributed by atoms with Crippen molar-refractivity contribution in [1.29, 1.82) is 0 Å². The molecule has 0 aliphatic rings. The first kappa shape index (κ1) is 15.3. The van der Waals surface area contributed by atoms with Crippen LogP contribution in [-0.2, 0) is 6.54 Å². The molecule has 0 bridgehead atoms. The van der Waals surface area contributed by atoms with Crippen molar-refractivity contribution >= 4 is 17.6 Å². The third-order valence-corrected chi connectivity index (χ3v) is 3.18. The van der Waals surface area contributed by atoms with Crippen LogP contribution in [0.4, 0.5) is 0 Å². The fourth-order valence-electron chi connectivity index (χ4n) is 1.81. The topological polar surface area (TPSA) is 75.3 Å². The lowest BCUT2D eigenvalue weighted by Gasteiger charge is -2.17. The van der Waals surface area contributed by atoms with E-state index in [9.17, 15) is 0 Å². The van der Waals surface area contributed by atoms with Crippen molar-refractivity contribution in [2.45, 2.75) is 26.4 Å². The Kier molecular flexibility index (Phi) is 5.16. The third-order valence-electron chi connectivity index (χ3n) is 2.93. The van der Waals surface area contributed by atoms with Gasteiger partial charge in [0.15, 0.2) is 11.8 Å². The summed E-state index contributed by atoms with van der Waals surface area (Å²) < 4.78 is 4.92. The van der Waals surface area contributed by atoms with Crippen molar-refractivity contribution in [1.82, 2.24) is 20.8 Å². The minimum atomic E-state index is 0.0977. The van der Waals surface area contributed by atoms with Gasteiger partial charge in [-0.15, -0.1) is 0 Å². The van der Waals surface area contributed by atoms with E-state index >= 15 is 0 Å². The lowest BCUT2D eigenvalue weighted by Crippen LogP contribution is -2.38. The summed E-state index contributed by atoms with van der Waals surface area (Å²) in [5.74, 6) is 1.80. The van der Waals surface area contributed by atoms with Crippen LogP contribution in [0.5, 0.6) is 0 Å². The SMILES string of the molecule is CN=C(NCc1noc(C)n1)NC(C)c1ccc(Cl)cc1. The van der Waals surface area contributed by atoms with Crippen molar-refractivity contribution in [2.24, 2.45) is 4.99 Å². The normalized spacial score (nSPS) is 13.0. The van der Waals surface area contributed by atoms with Crippen LogP contribution in [0, 0.1) is 6.92 Å². The molecule has 1 heterocycles. The van der Waals surface area contributed by atoms with Crippen LogP contribution in [0.25, 0.3) is 0 Å². The number of hydrogen-bond donors (Lipinski definition) is 2. The average molecular weight is 308 g/mol. The molecule has 0 spiro atoms. The van der Waals surface area contributed by atoms with Gasteiger partial charge >= 0.3 is 0 Å². The van der Waals surface area contributed by atoms with Crippen molar-refractivity contribution in [2.75, 3.05) is 7.05 Å². The van der Waals surface area contributed by atoms with Gasteiger partial charge in [-0.25, -0.2) is 0 Å². The van der Waals surface area contributed by atoms with E-state index in [0.29, 0.717) is 24.2 Å². The van der Waals surface area contributed by atoms with Crippen LogP contribution < -0.4 is 10.6 Å². The maximum absolute atomic E-state index is 5.89. The van der Waals surface area contributed by atoms with Gasteiger partial charge in [-0.2, -0.15) is 4.98 Å². The Balaban J connectivity index is 1.91. The minimum absolute atomic E-state index is 0.0977. The number of aliphatic imine (C=N–C) groups is 1. The zero-order valence-electron chi connectivity index (χ0n) is 12.2. The van der Waals surface area contributed by atoms with E-state index in [1.807, 2.05) is 24.3 Å². The smallest absolute Gasteiger partial charge is 0.223 e. The molecule has 0 aliphatic carbocycles. The molecule has 0 radical (unpaired) electrons. The van der Waals surface area contributed by atoms with Crippen LogP contribution in [0.1, 0.15) is 30.2 Å². The van der Waals surface area contributed by atoms with Crippen LogP contribution in [0.2, 0.25) is 5.02 Å². The van der Waals surface area contributed by atoms with Crippen LogP contribution in [0.3, 0.4) is 0 Å². The zero-order chi connectivity index (χ0) is 15.2. The maximum atomic E-state index is 5.89. The number of guanidine groups is 1. The van der Waals surface area contributed by atoms with Crippen molar-refractivity contribution in [3.8, 4) is 0 Å². The van der Waals surface area contributed by atoms with E-state index in [1.165, 1.54) is 0 Å². The van der Waals surface area contributed by atoms with Gasteiger partial charge in [-0.3, -0.25) is 4.99 Å². The fourth-order valence-corrected chi connectivity index (χ4v) is 1.94. The van der Waals surface area contributed by atoms with Gasteiger partial charge in [-0.1, -0.05) is 28.9 Å². The van der Waals surface area contributed by atoms with Gasteiger partial charge in [0.05, 0.1) is 12.6 Å². The molecule has 7 heteroatoms. The second-order valence-electron chi connectivity index (χ2n) is 4.57. The Labute approximate surface area is 128 Å². The molecule has 1 atom stereocenters. The Morgan fingerprint density at radius 2 is 2.10 bits per heavy atom. The summed E-state index contributed by atoms with van der Waals surface area (Å²) in [6, 6.07) is 7.80. The standard InChI is InChI=1S/C14H18ClN5O/c1-9(11-4-6-12(15)7-5-11)18-14(16-3)17-8-13-19-10(2)21-20-13/h4-7,9H,8H2,1-3H3,(H2,16,17,18). The number of halogens is 1. The quantitative estimate of drug-likeness (QED) is 0.670. The number of hydrogen-bond acceptors (Lipinski definition) is 4. The van der Waals surface area contributed by atoms with E-state index in [4.69, 9.17) is 16.1 Å². The molecule has 2 N–H and O–H groups in total. The van der Waals surface area contributed by atoms with Crippen LogP contribution in [-0.4, -0.2) is 23.1 Å². The van der Waals surface area contributed by atoms with Gasteiger partial charge in [-0.05, 0) is 24.6 Å². The summed E-state index contributed by atoms with van der Waals surface area (Å²) in [4.78, 5) is 8.30. The molecule has 0 fully saturated rings. The first-order chi connectivity index (χ1) is 10.1. The highest BCUT2D eigenvalue weighted by Crippen LogP contribution is 2.15. The second kappa shape index (κ2) is 7.08. The zero-order valence-corrected chi connectivity index (χ0v) is 13.0. The Bertz CT molecular complexity index is 608. The molecule has 0 saturated carbocycles. The molecule has 0 aliphatic heterocycles. The van der Waals surface area contributed by atoms with Gasteiger partial charge in [0.2, 0.25) is 5.89 Å². The summed E-state index contributed by atoms with van der Waals surface area (Å²) in [6.45, 7) is 4.26. The van der Waals surface area contributed by atoms with E-state index in [1.54, 1.807) is 14.0 Å². The second-order valence-corrected chi connectivity index (χ2v) is 5.01. The fraction of sp³-hybridized carbons (Fsp3) is 0.357. The lowest BCUT2D eigenvalue weighted by atomic mass is 10.1. The molecule has 1 aromatic heterocycles. The molecule has 1 aromatic carbocycles. The van der Waals surface area contributed by atoms with Crippen LogP contribution >= 0.6 is 11.6 Å². The van der Waals surface area contributed by atoms with Crippen molar-refractivity contribution < 1.29 is 4.52 Å². The number of aryl methyl sites for hydroxylation is 1. The molecule has 112 valence electrons. The van der Waals surface area contributed by atoms with Crippen LogP contribution in [0.15, 0.2) is 33.8 Å². The molecule has 0 amide bonds.